The SMILES string of the molecule is CN1C(=O)/C(=C/c2ccc(C(=O)N3CCN(c4ccccn4)CC3)cc2)Oc2ccccc21. The zero-order valence-electron chi connectivity index (χ0n) is 18.3. The molecule has 7 heteroatoms. The second-order valence-electron chi connectivity index (χ2n) is 8.03. The molecule has 7 nitrogen and oxygen atoms in total. The standard InChI is InChI=1S/C26H24N4O3/c1-28-21-6-2-3-7-22(21)33-23(26(28)32)18-19-9-11-20(12-10-19)25(31)30-16-14-29(15-17-30)24-8-4-5-13-27-24/h2-13,18H,14-17H2,1H3/b23-18-. The third kappa shape index (κ3) is 4.17. The molecular weight excluding hydrogens is 416 g/mol. The number of hydrogen-bond acceptors (Lipinski definition) is 5. The number of anilines is 2. The predicted octanol–water partition coefficient (Wildman–Crippen LogP) is 3.44. The van der Waals surface area contributed by atoms with Crippen molar-refractivity contribution in [1.29, 1.82) is 0 Å². The smallest absolute Gasteiger partial charge is 0.293 e. The minimum Gasteiger partial charge on any atom is -0.449 e. The van der Waals surface area contributed by atoms with E-state index in [9.17, 15) is 9.59 Å². The minimum absolute atomic E-state index is 0.00790. The number of piperazine rings is 1. The largest absolute Gasteiger partial charge is 0.449 e. The first-order valence-corrected chi connectivity index (χ1v) is 10.9. The average Bonchev–Trinajstić information content (AvgIpc) is 2.88. The molecule has 0 spiro atoms. The molecule has 0 bridgehead atoms. The lowest BCUT2D eigenvalue weighted by Gasteiger charge is -2.35. The van der Waals surface area contributed by atoms with Crippen LogP contribution >= 0.6 is 0 Å². The number of fused-ring (bicyclic) bond motifs is 1. The molecule has 2 aliphatic rings. The molecule has 0 unspecified atom stereocenters. The highest BCUT2D eigenvalue weighted by Gasteiger charge is 2.27. The molecule has 2 amide bonds. The second-order valence-corrected chi connectivity index (χ2v) is 8.03. The average molecular weight is 441 g/mol. The van der Waals surface area contributed by atoms with Crippen molar-refractivity contribution in [1.82, 2.24) is 9.88 Å². The van der Waals surface area contributed by atoms with Crippen molar-refractivity contribution >= 4 is 29.4 Å². The van der Waals surface area contributed by atoms with Gasteiger partial charge in [0.1, 0.15) is 5.82 Å². The normalized spacial score (nSPS) is 17.1. The van der Waals surface area contributed by atoms with E-state index in [0.717, 1.165) is 30.2 Å². The topological polar surface area (TPSA) is 66.0 Å². The van der Waals surface area contributed by atoms with Crippen LogP contribution in [0.3, 0.4) is 0 Å². The van der Waals surface area contributed by atoms with E-state index in [1.165, 1.54) is 0 Å². The van der Waals surface area contributed by atoms with Gasteiger partial charge in [-0.3, -0.25) is 9.59 Å². The van der Waals surface area contributed by atoms with Crippen LogP contribution in [0.5, 0.6) is 5.75 Å². The van der Waals surface area contributed by atoms with Gasteiger partial charge in [0.05, 0.1) is 5.69 Å². The van der Waals surface area contributed by atoms with Gasteiger partial charge >= 0.3 is 0 Å². The number of rotatable bonds is 3. The highest BCUT2D eigenvalue weighted by Crippen LogP contribution is 2.34. The number of carbonyl (C=O) groups is 2. The molecular formula is C26H24N4O3. The second kappa shape index (κ2) is 8.78. The van der Waals surface area contributed by atoms with Crippen LogP contribution in [-0.4, -0.2) is 54.9 Å². The molecule has 33 heavy (non-hydrogen) atoms. The summed E-state index contributed by atoms with van der Waals surface area (Å²) in [5.74, 6) is 1.63. The first-order chi connectivity index (χ1) is 16.1. The molecule has 1 fully saturated rings. The summed E-state index contributed by atoms with van der Waals surface area (Å²) in [5, 5.41) is 0. The maximum atomic E-state index is 13.0. The Morgan fingerprint density at radius 3 is 2.39 bits per heavy atom. The molecule has 5 rings (SSSR count). The van der Waals surface area contributed by atoms with E-state index in [2.05, 4.69) is 9.88 Å². The number of pyridine rings is 1. The Labute approximate surface area is 192 Å². The summed E-state index contributed by atoms with van der Waals surface area (Å²) in [5.41, 5.74) is 2.16. The Bertz CT molecular complexity index is 1200. The molecule has 0 radical (unpaired) electrons. The highest BCUT2D eigenvalue weighted by molar-refractivity contribution is 6.09. The summed E-state index contributed by atoms with van der Waals surface area (Å²) >= 11 is 0. The molecule has 0 aliphatic carbocycles. The highest BCUT2D eigenvalue weighted by atomic mass is 16.5. The summed E-state index contributed by atoms with van der Waals surface area (Å²) in [6, 6.07) is 20.5. The van der Waals surface area contributed by atoms with E-state index in [1.807, 2.05) is 59.5 Å². The van der Waals surface area contributed by atoms with Crippen LogP contribution in [0.1, 0.15) is 15.9 Å². The fraction of sp³-hybridized carbons (Fsp3) is 0.192. The number of amides is 2. The number of carbonyl (C=O) groups excluding carboxylic acids is 2. The summed E-state index contributed by atoms with van der Waals surface area (Å²) in [6.45, 7) is 2.80. The fourth-order valence-corrected chi connectivity index (χ4v) is 4.08. The molecule has 1 saturated heterocycles. The van der Waals surface area contributed by atoms with Gasteiger partial charge in [0.15, 0.2) is 11.5 Å². The first-order valence-electron chi connectivity index (χ1n) is 10.9. The maximum absolute atomic E-state index is 13.0. The first kappa shape index (κ1) is 20.8. The summed E-state index contributed by atoms with van der Waals surface area (Å²) in [7, 11) is 1.73. The third-order valence-electron chi connectivity index (χ3n) is 5.96. The van der Waals surface area contributed by atoms with Gasteiger partial charge in [0.25, 0.3) is 11.8 Å². The minimum atomic E-state index is -0.209. The van der Waals surface area contributed by atoms with Crippen LogP contribution in [0, 0.1) is 0 Å². The van der Waals surface area contributed by atoms with Gasteiger partial charge in [-0.15, -0.1) is 0 Å². The van der Waals surface area contributed by atoms with Crippen molar-refractivity contribution < 1.29 is 14.3 Å². The number of hydrogen-bond donors (Lipinski definition) is 0. The lowest BCUT2D eigenvalue weighted by atomic mass is 10.1. The number of likely N-dealkylation sites (N-methyl/N-ethyl adjacent to an activating group) is 1. The van der Waals surface area contributed by atoms with E-state index in [4.69, 9.17) is 4.74 Å². The van der Waals surface area contributed by atoms with Gasteiger partial charge in [-0.1, -0.05) is 30.3 Å². The Morgan fingerprint density at radius 2 is 1.67 bits per heavy atom. The Hall–Kier alpha value is -4.13. The van der Waals surface area contributed by atoms with Gasteiger partial charge in [-0.25, -0.2) is 4.98 Å². The van der Waals surface area contributed by atoms with Crippen molar-refractivity contribution in [3.63, 3.8) is 0 Å². The van der Waals surface area contributed by atoms with Gasteiger partial charge in [0.2, 0.25) is 0 Å². The molecule has 0 atom stereocenters. The molecule has 2 aromatic carbocycles. The van der Waals surface area contributed by atoms with Crippen LogP contribution in [0.25, 0.3) is 6.08 Å². The molecule has 166 valence electrons. The number of aromatic nitrogens is 1. The van der Waals surface area contributed by atoms with Crippen molar-refractivity contribution in [2.45, 2.75) is 0 Å². The van der Waals surface area contributed by atoms with Crippen LogP contribution in [-0.2, 0) is 4.79 Å². The van der Waals surface area contributed by atoms with Gasteiger partial charge in [0, 0.05) is 45.0 Å². The Morgan fingerprint density at radius 1 is 0.939 bits per heavy atom. The van der Waals surface area contributed by atoms with Crippen molar-refractivity contribution in [2.24, 2.45) is 0 Å². The molecule has 0 N–H and O–H groups in total. The summed E-state index contributed by atoms with van der Waals surface area (Å²) in [4.78, 5) is 35.7. The summed E-state index contributed by atoms with van der Waals surface area (Å²) in [6.07, 6.45) is 3.49. The molecule has 3 heterocycles. The van der Waals surface area contributed by atoms with Gasteiger partial charge in [-0.05, 0) is 48.0 Å². The molecule has 2 aliphatic heterocycles. The van der Waals surface area contributed by atoms with E-state index in [0.29, 0.717) is 24.4 Å². The number of nitrogens with zero attached hydrogens (tertiary/aromatic N) is 4. The zero-order valence-corrected chi connectivity index (χ0v) is 18.3. The Balaban J connectivity index is 1.25. The van der Waals surface area contributed by atoms with Crippen molar-refractivity contribution in [3.8, 4) is 5.75 Å². The lowest BCUT2D eigenvalue weighted by molar-refractivity contribution is -0.117. The number of para-hydroxylation sites is 2. The summed E-state index contributed by atoms with van der Waals surface area (Å²) < 4.78 is 5.82. The number of ether oxygens (including phenoxy) is 1. The number of benzene rings is 2. The van der Waals surface area contributed by atoms with Gasteiger partial charge in [-0.2, -0.15) is 0 Å². The van der Waals surface area contributed by atoms with Crippen LogP contribution in [0.4, 0.5) is 11.5 Å². The third-order valence-corrected chi connectivity index (χ3v) is 5.96. The van der Waals surface area contributed by atoms with Crippen molar-refractivity contribution in [2.75, 3.05) is 43.0 Å². The maximum Gasteiger partial charge on any atom is 0.293 e. The van der Waals surface area contributed by atoms with E-state index < -0.39 is 0 Å². The van der Waals surface area contributed by atoms with E-state index >= 15 is 0 Å². The van der Waals surface area contributed by atoms with E-state index in [1.54, 1.807) is 36.4 Å². The van der Waals surface area contributed by atoms with Crippen molar-refractivity contribution in [3.05, 3.63) is 89.8 Å². The molecule has 1 aromatic heterocycles. The lowest BCUT2D eigenvalue weighted by Crippen LogP contribution is -2.49. The Kier molecular flexibility index (Phi) is 5.52. The predicted molar refractivity (Wildman–Crippen MR) is 127 cm³/mol. The van der Waals surface area contributed by atoms with Crippen LogP contribution in [0.2, 0.25) is 0 Å². The quantitative estimate of drug-likeness (QED) is 0.584. The van der Waals surface area contributed by atoms with Crippen LogP contribution in [0.15, 0.2) is 78.7 Å². The van der Waals surface area contributed by atoms with Gasteiger partial charge < -0.3 is 19.4 Å². The van der Waals surface area contributed by atoms with E-state index in [-0.39, 0.29) is 17.6 Å². The van der Waals surface area contributed by atoms with Crippen LogP contribution < -0.4 is 14.5 Å². The zero-order chi connectivity index (χ0) is 22.8. The molecule has 0 saturated carbocycles. The fourth-order valence-electron chi connectivity index (χ4n) is 4.08. The monoisotopic (exact) mass is 440 g/mol. The molecule has 3 aromatic rings.